The van der Waals surface area contributed by atoms with E-state index in [0.29, 0.717) is 12.4 Å². The zero-order valence-corrected chi connectivity index (χ0v) is 12.8. The third kappa shape index (κ3) is 2.05. The van der Waals surface area contributed by atoms with E-state index in [1.807, 2.05) is 42.1 Å². The van der Waals surface area contributed by atoms with Crippen LogP contribution in [0.15, 0.2) is 46.0 Å². The number of sulfonamides is 1. The predicted octanol–water partition coefficient (Wildman–Crippen LogP) is 1.60. The van der Waals surface area contributed by atoms with Crippen LogP contribution in [0.1, 0.15) is 5.56 Å². The number of benzene rings is 1. The Hall–Kier alpha value is -2.41. The van der Waals surface area contributed by atoms with Crippen molar-refractivity contribution in [3.05, 3.63) is 42.1 Å². The zero-order valence-electron chi connectivity index (χ0n) is 12.0. The van der Waals surface area contributed by atoms with E-state index in [9.17, 15) is 8.42 Å². The monoisotopic (exact) mass is 314 g/mol. The number of nitrogens with zero attached hydrogens (tertiary/aromatic N) is 4. The van der Waals surface area contributed by atoms with Gasteiger partial charge in [0, 0.05) is 35.9 Å². The van der Waals surface area contributed by atoms with Crippen molar-refractivity contribution in [1.29, 1.82) is 0 Å². The van der Waals surface area contributed by atoms with Crippen molar-refractivity contribution >= 4 is 38.5 Å². The molecule has 2 aliphatic heterocycles. The van der Waals surface area contributed by atoms with Crippen molar-refractivity contribution in [1.82, 2.24) is 9.58 Å². The summed E-state index contributed by atoms with van der Waals surface area (Å²) in [6.45, 7) is 0.336. The minimum atomic E-state index is -3.40. The van der Waals surface area contributed by atoms with E-state index in [1.165, 1.54) is 0 Å². The SMILES string of the molecule is Cn1ccc2cc(C3=CC=NN4CCS(=O)(=O)N=C34)ccc21. The van der Waals surface area contributed by atoms with Gasteiger partial charge in [-0.25, -0.2) is 13.4 Å². The lowest BCUT2D eigenvalue weighted by Gasteiger charge is -2.27. The summed E-state index contributed by atoms with van der Waals surface area (Å²) in [7, 11) is -1.41. The maximum absolute atomic E-state index is 11.8. The molecule has 3 heterocycles. The van der Waals surface area contributed by atoms with Gasteiger partial charge in [-0.1, -0.05) is 6.07 Å². The fraction of sp³-hybridized carbons (Fsp3) is 0.200. The number of hydrogen-bond acceptors (Lipinski definition) is 4. The molecule has 7 heteroatoms. The van der Waals surface area contributed by atoms with Gasteiger partial charge in [-0.15, -0.1) is 4.40 Å². The predicted molar refractivity (Wildman–Crippen MR) is 87.3 cm³/mol. The summed E-state index contributed by atoms with van der Waals surface area (Å²) in [5, 5.41) is 6.94. The molecule has 0 spiro atoms. The van der Waals surface area contributed by atoms with Crippen LogP contribution < -0.4 is 0 Å². The fourth-order valence-corrected chi connectivity index (χ4v) is 3.72. The third-order valence-electron chi connectivity index (χ3n) is 3.92. The fourth-order valence-electron chi connectivity index (χ4n) is 2.77. The van der Waals surface area contributed by atoms with Gasteiger partial charge in [-0.3, -0.25) is 0 Å². The van der Waals surface area contributed by atoms with Gasteiger partial charge in [0.15, 0.2) is 5.84 Å². The van der Waals surface area contributed by atoms with Crippen LogP contribution in [0.25, 0.3) is 16.5 Å². The van der Waals surface area contributed by atoms with Gasteiger partial charge in [0.1, 0.15) is 0 Å². The molecule has 112 valence electrons. The van der Waals surface area contributed by atoms with Gasteiger partial charge in [-0.05, 0) is 29.8 Å². The summed E-state index contributed by atoms with van der Waals surface area (Å²) >= 11 is 0. The lowest BCUT2D eigenvalue weighted by molar-refractivity contribution is 0.464. The Bertz CT molecular complexity index is 967. The summed E-state index contributed by atoms with van der Waals surface area (Å²) in [5.74, 6) is 0.405. The van der Waals surface area contributed by atoms with E-state index in [2.05, 4.69) is 9.50 Å². The van der Waals surface area contributed by atoms with Gasteiger partial charge in [0.2, 0.25) is 0 Å². The molecule has 0 aliphatic carbocycles. The van der Waals surface area contributed by atoms with E-state index < -0.39 is 10.0 Å². The summed E-state index contributed by atoms with van der Waals surface area (Å²) in [5.41, 5.74) is 2.85. The van der Waals surface area contributed by atoms with Crippen LogP contribution in [0.5, 0.6) is 0 Å². The van der Waals surface area contributed by atoms with Gasteiger partial charge >= 0.3 is 0 Å². The van der Waals surface area contributed by atoms with Crippen molar-refractivity contribution in [2.75, 3.05) is 12.3 Å². The van der Waals surface area contributed by atoms with E-state index >= 15 is 0 Å². The van der Waals surface area contributed by atoms with Crippen molar-refractivity contribution in [3.8, 4) is 0 Å². The number of rotatable bonds is 1. The van der Waals surface area contributed by atoms with E-state index in [0.717, 1.165) is 22.0 Å². The minimum Gasteiger partial charge on any atom is -0.351 e. The molecule has 22 heavy (non-hydrogen) atoms. The molecule has 0 bridgehead atoms. The summed E-state index contributed by atoms with van der Waals surface area (Å²) in [6, 6.07) is 8.09. The highest BCUT2D eigenvalue weighted by molar-refractivity contribution is 7.90. The van der Waals surface area contributed by atoms with Crippen LogP contribution >= 0.6 is 0 Å². The lowest BCUT2D eigenvalue weighted by Crippen LogP contribution is -2.38. The van der Waals surface area contributed by atoms with Crippen LogP contribution in [-0.4, -0.2) is 42.3 Å². The van der Waals surface area contributed by atoms with Crippen LogP contribution in [0.2, 0.25) is 0 Å². The molecule has 1 aromatic carbocycles. The first-order valence-electron chi connectivity index (χ1n) is 6.94. The van der Waals surface area contributed by atoms with Gasteiger partial charge < -0.3 is 4.57 Å². The molecule has 2 aliphatic rings. The second-order valence-electron chi connectivity index (χ2n) is 5.37. The molecular weight excluding hydrogens is 300 g/mol. The number of aromatic nitrogens is 1. The lowest BCUT2D eigenvalue weighted by atomic mass is 10.0. The van der Waals surface area contributed by atoms with Crippen molar-refractivity contribution < 1.29 is 8.42 Å². The molecule has 4 rings (SSSR count). The Balaban J connectivity index is 1.87. The Morgan fingerprint density at radius 2 is 2.09 bits per heavy atom. The molecule has 6 nitrogen and oxygen atoms in total. The van der Waals surface area contributed by atoms with Crippen LogP contribution in [0.3, 0.4) is 0 Å². The Morgan fingerprint density at radius 3 is 2.95 bits per heavy atom. The maximum atomic E-state index is 11.8. The van der Waals surface area contributed by atoms with Crippen molar-refractivity contribution in [2.24, 2.45) is 16.5 Å². The van der Waals surface area contributed by atoms with Crippen molar-refractivity contribution in [2.45, 2.75) is 0 Å². The molecule has 0 amide bonds. The molecule has 0 saturated carbocycles. The number of hydrazone groups is 1. The molecule has 0 atom stereocenters. The first-order chi connectivity index (χ1) is 10.5. The van der Waals surface area contributed by atoms with Gasteiger partial charge in [-0.2, -0.15) is 5.10 Å². The average molecular weight is 314 g/mol. The number of amidine groups is 1. The highest BCUT2D eigenvalue weighted by Gasteiger charge is 2.28. The standard InChI is InChI=1S/C15H14N4O2S/c1-18-7-5-12-10-11(2-3-14(12)18)13-4-6-16-19-8-9-22(20,21)17-15(13)19/h2-7,10H,8-9H2,1H3. The maximum Gasteiger partial charge on any atom is 0.256 e. The number of aryl methyl sites for hydroxylation is 1. The van der Waals surface area contributed by atoms with Crippen molar-refractivity contribution in [3.63, 3.8) is 0 Å². The Labute approximate surface area is 128 Å². The summed E-state index contributed by atoms with van der Waals surface area (Å²) in [6.07, 6.45) is 5.49. The average Bonchev–Trinajstić information content (AvgIpc) is 2.87. The molecule has 0 unspecified atom stereocenters. The van der Waals surface area contributed by atoms with E-state index in [1.54, 1.807) is 17.3 Å². The van der Waals surface area contributed by atoms with E-state index in [-0.39, 0.29) is 5.75 Å². The topological polar surface area (TPSA) is 67.0 Å². The second kappa shape index (κ2) is 4.54. The molecular formula is C15H14N4O2S. The van der Waals surface area contributed by atoms with E-state index in [4.69, 9.17) is 0 Å². The normalized spacial score (nSPS) is 19.8. The number of allylic oxidation sites excluding steroid dienone is 1. The van der Waals surface area contributed by atoms with Gasteiger partial charge in [0.25, 0.3) is 10.0 Å². The molecule has 0 saturated heterocycles. The van der Waals surface area contributed by atoms with Crippen LogP contribution in [0.4, 0.5) is 0 Å². The molecule has 1 aromatic heterocycles. The zero-order chi connectivity index (χ0) is 15.3. The van der Waals surface area contributed by atoms with Gasteiger partial charge in [0.05, 0.1) is 12.3 Å². The Morgan fingerprint density at radius 1 is 1.23 bits per heavy atom. The van der Waals surface area contributed by atoms with Crippen LogP contribution in [0, 0.1) is 0 Å². The quantitative estimate of drug-likeness (QED) is 0.803. The Kier molecular flexibility index (Phi) is 2.74. The highest BCUT2D eigenvalue weighted by atomic mass is 32.2. The summed E-state index contributed by atoms with van der Waals surface area (Å²) < 4.78 is 29.6. The summed E-state index contributed by atoms with van der Waals surface area (Å²) in [4.78, 5) is 0. The highest BCUT2D eigenvalue weighted by Crippen LogP contribution is 2.27. The minimum absolute atomic E-state index is 0.00115. The van der Waals surface area contributed by atoms with Crippen LogP contribution in [-0.2, 0) is 17.1 Å². The molecule has 0 fully saturated rings. The molecule has 0 radical (unpaired) electrons. The molecule has 2 aromatic rings. The number of hydrogen-bond donors (Lipinski definition) is 0. The second-order valence-corrected chi connectivity index (χ2v) is 7.12. The number of fused-ring (bicyclic) bond motifs is 2. The smallest absolute Gasteiger partial charge is 0.256 e. The third-order valence-corrected chi connectivity index (χ3v) is 5.07. The first-order valence-corrected chi connectivity index (χ1v) is 8.55. The first kappa shape index (κ1) is 13.3. The largest absolute Gasteiger partial charge is 0.351 e. The molecule has 0 N–H and O–H groups in total.